The molecule has 0 spiro atoms. The standard InChI is InChI=1S/C54H40N2/c1-53(2)42-22-14-15-23-47(42)55-46-27-25-37(34-18-10-6-11-19-34)29-41(46)49-50-48(32-44(53)52(49)55)56-45-26-24-36(33-16-8-5-9-17-33)28-39(45)40-30-38(35-20-12-7-13-21-35)31-43(51(40)56)54(50,3)4/h5-32H,1-4H3. The molecule has 2 aromatic heterocycles. The van der Waals surface area contributed by atoms with E-state index in [-0.39, 0.29) is 10.8 Å². The number of hydrogen-bond acceptors (Lipinski definition) is 0. The molecule has 0 radical (unpaired) electrons. The number of aromatic nitrogens is 2. The van der Waals surface area contributed by atoms with E-state index in [0.29, 0.717) is 0 Å². The van der Waals surface area contributed by atoms with Gasteiger partial charge in [0.2, 0.25) is 0 Å². The van der Waals surface area contributed by atoms with Gasteiger partial charge in [0, 0.05) is 32.4 Å². The van der Waals surface area contributed by atoms with Crippen molar-refractivity contribution in [2.75, 3.05) is 0 Å². The van der Waals surface area contributed by atoms with E-state index in [1.807, 2.05) is 0 Å². The third-order valence-corrected chi connectivity index (χ3v) is 13.2. The molecule has 10 aromatic rings. The highest BCUT2D eigenvalue weighted by molar-refractivity contribution is 6.19. The summed E-state index contributed by atoms with van der Waals surface area (Å²) in [6.07, 6.45) is 0. The molecule has 0 fully saturated rings. The molecule has 0 amide bonds. The van der Waals surface area contributed by atoms with E-state index >= 15 is 0 Å². The number of para-hydroxylation sites is 1. The number of hydrogen-bond donors (Lipinski definition) is 0. The van der Waals surface area contributed by atoms with Crippen LogP contribution in [-0.4, -0.2) is 9.13 Å². The van der Waals surface area contributed by atoms with Gasteiger partial charge in [-0.2, -0.15) is 0 Å². The number of nitrogens with zero attached hydrogens (tertiary/aromatic N) is 2. The van der Waals surface area contributed by atoms with E-state index < -0.39 is 0 Å². The van der Waals surface area contributed by atoms with Crippen LogP contribution >= 0.6 is 0 Å². The Morgan fingerprint density at radius 3 is 1.48 bits per heavy atom. The first kappa shape index (κ1) is 31.7. The normalized spacial score (nSPS) is 14.7. The van der Waals surface area contributed by atoms with Crippen LogP contribution in [0.4, 0.5) is 0 Å². The Morgan fingerprint density at radius 2 is 0.839 bits per heavy atom. The first-order chi connectivity index (χ1) is 27.3. The molecule has 8 aromatic carbocycles. The van der Waals surface area contributed by atoms with Gasteiger partial charge in [0.05, 0.1) is 33.4 Å². The largest absolute Gasteiger partial charge is 0.309 e. The lowest BCUT2D eigenvalue weighted by atomic mass is 9.69. The van der Waals surface area contributed by atoms with Crippen LogP contribution in [-0.2, 0) is 10.8 Å². The molecule has 56 heavy (non-hydrogen) atoms. The van der Waals surface area contributed by atoms with Crippen molar-refractivity contribution in [3.05, 3.63) is 192 Å². The molecule has 266 valence electrons. The van der Waals surface area contributed by atoms with E-state index in [1.54, 1.807) is 0 Å². The fourth-order valence-electron chi connectivity index (χ4n) is 10.5. The van der Waals surface area contributed by atoms with E-state index in [2.05, 4.69) is 207 Å². The molecular formula is C54H40N2. The lowest BCUT2D eigenvalue weighted by Crippen LogP contribution is -2.30. The summed E-state index contributed by atoms with van der Waals surface area (Å²) in [5.41, 5.74) is 20.1. The molecule has 4 heterocycles. The average molecular weight is 717 g/mol. The molecule has 0 aliphatic carbocycles. The first-order valence-electron chi connectivity index (χ1n) is 19.9. The molecule has 0 saturated heterocycles. The van der Waals surface area contributed by atoms with E-state index in [9.17, 15) is 0 Å². The quantitative estimate of drug-likeness (QED) is 0.172. The third-order valence-electron chi connectivity index (χ3n) is 13.2. The zero-order valence-corrected chi connectivity index (χ0v) is 32.1. The van der Waals surface area contributed by atoms with Gasteiger partial charge in [-0.05, 0) is 104 Å². The van der Waals surface area contributed by atoms with Crippen LogP contribution in [0.3, 0.4) is 0 Å². The highest BCUT2D eigenvalue weighted by Crippen LogP contribution is 2.57. The Hall–Kier alpha value is -6.64. The summed E-state index contributed by atoms with van der Waals surface area (Å²) >= 11 is 0. The van der Waals surface area contributed by atoms with E-state index in [0.717, 1.165) is 0 Å². The van der Waals surface area contributed by atoms with Crippen molar-refractivity contribution >= 4 is 43.6 Å². The maximum atomic E-state index is 2.63. The van der Waals surface area contributed by atoms with Crippen LogP contribution in [0.2, 0.25) is 0 Å². The van der Waals surface area contributed by atoms with Gasteiger partial charge in [-0.3, -0.25) is 0 Å². The van der Waals surface area contributed by atoms with Crippen LogP contribution in [0.1, 0.15) is 49.9 Å². The molecule has 0 unspecified atom stereocenters. The molecule has 12 rings (SSSR count). The molecule has 0 bridgehead atoms. The van der Waals surface area contributed by atoms with Gasteiger partial charge in [-0.25, -0.2) is 0 Å². The molecule has 0 atom stereocenters. The Balaban J connectivity index is 1.29. The number of fused-ring (bicyclic) bond motifs is 11. The summed E-state index contributed by atoms with van der Waals surface area (Å²) in [6.45, 7) is 9.79. The maximum absolute atomic E-state index is 2.63. The molecule has 2 aliphatic heterocycles. The van der Waals surface area contributed by atoms with Crippen LogP contribution in [0, 0.1) is 0 Å². The molecule has 0 saturated carbocycles. The van der Waals surface area contributed by atoms with Gasteiger partial charge >= 0.3 is 0 Å². The van der Waals surface area contributed by atoms with Crippen LogP contribution in [0.15, 0.2) is 170 Å². The first-order valence-corrected chi connectivity index (χ1v) is 19.9. The Labute approximate surface area is 326 Å². The highest BCUT2D eigenvalue weighted by Gasteiger charge is 2.43. The second-order valence-corrected chi connectivity index (χ2v) is 17.0. The summed E-state index contributed by atoms with van der Waals surface area (Å²) in [7, 11) is 0. The van der Waals surface area contributed by atoms with Gasteiger partial charge < -0.3 is 9.13 Å². The summed E-state index contributed by atoms with van der Waals surface area (Å²) in [5.74, 6) is 0. The molecule has 2 heteroatoms. The highest BCUT2D eigenvalue weighted by atomic mass is 15.0. The lowest BCUT2D eigenvalue weighted by Gasteiger charge is -2.40. The zero-order valence-electron chi connectivity index (χ0n) is 32.1. The van der Waals surface area contributed by atoms with Crippen molar-refractivity contribution in [3.8, 4) is 44.8 Å². The fraction of sp³-hybridized carbons (Fsp3) is 0.111. The van der Waals surface area contributed by atoms with Crippen molar-refractivity contribution in [2.45, 2.75) is 38.5 Å². The molecular weight excluding hydrogens is 677 g/mol. The third kappa shape index (κ3) is 4.06. The minimum absolute atomic E-state index is 0.222. The lowest BCUT2D eigenvalue weighted by molar-refractivity contribution is 0.618. The topological polar surface area (TPSA) is 9.86 Å². The van der Waals surface area contributed by atoms with Crippen LogP contribution in [0.5, 0.6) is 0 Å². The van der Waals surface area contributed by atoms with Crippen molar-refractivity contribution in [2.24, 2.45) is 0 Å². The molecule has 2 nitrogen and oxygen atoms in total. The Morgan fingerprint density at radius 1 is 0.339 bits per heavy atom. The summed E-state index contributed by atoms with van der Waals surface area (Å²) in [6, 6.07) is 63.5. The SMILES string of the molecule is CC1(C)c2c(cc3c4c2c2cc(-c5ccccc5)ccc2n4-c2ccccc2C3(C)C)-n2c3ccc(-c4ccccc4)cc3c3cc(-c4ccccc4)cc1c32. The van der Waals surface area contributed by atoms with Crippen molar-refractivity contribution in [3.63, 3.8) is 0 Å². The Bertz CT molecular complexity index is 3270. The summed E-state index contributed by atoms with van der Waals surface area (Å²) in [5, 5.41) is 5.27. The maximum Gasteiger partial charge on any atom is 0.0586 e. The second kappa shape index (κ2) is 11.0. The van der Waals surface area contributed by atoms with Crippen LogP contribution in [0.25, 0.3) is 88.4 Å². The van der Waals surface area contributed by atoms with Crippen molar-refractivity contribution in [1.82, 2.24) is 9.13 Å². The molecule has 2 aliphatic rings. The summed E-state index contributed by atoms with van der Waals surface area (Å²) in [4.78, 5) is 0. The summed E-state index contributed by atoms with van der Waals surface area (Å²) < 4.78 is 5.21. The van der Waals surface area contributed by atoms with Gasteiger partial charge in [-0.15, -0.1) is 0 Å². The monoisotopic (exact) mass is 716 g/mol. The number of benzene rings is 8. The predicted molar refractivity (Wildman–Crippen MR) is 236 cm³/mol. The minimum atomic E-state index is -0.327. The van der Waals surface area contributed by atoms with E-state index in [1.165, 1.54) is 111 Å². The van der Waals surface area contributed by atoms with Crippen LogP contribution < -0.4 is 0 Å². The predicted octanol–water partition coefficient (Wildman–Crippen LogP) is 14.2. The van der Waals surface area contributed by atoms with E-state index in [4.69, 9.17) is 0 Å². The zero-order chi connectivity index (χ0) is 37.5. The van der Waals surface area contributed by atoms with Gasteiger partial charge in [-0.1, -0.05) is 149 Å². The fourth-order valence-corrected chi connectivity index (χ4v) is 10.5. The smallest absolute Gasteiger partial charge is 0.0586 e. The van der Waals surface area contributed by atoms with Gasteiger partial charge in [0.1, 0.15) is 0 Å². The Kier molecular flexibility index (Phi) is 6.22. The molecule has 0 N–H and O–H groups in total. The van der Waals surface area contributed by atoms with Crippen molar-refractivity contribution < 1.29 is 0 Å². The number of rotatable bonds is 3. The van der Waals surface area contributed by atoms with Gasteiger partial charge in [0.15, 0.2) is 0 Å². The van der Waals surface area contributed by atoms with Crippen molar-refractivity contribution in [1.29, 1.82) is 0 Å². The second-order valence-electron chi connectivity index (χ2n) is 17.0. The average Bonchev–Trinajstić information content (AvgIpc) is 3.75. The minimum Gasteiger partial charge on any atom is -0.309 e. The van der Waals surface area contributed by atoms with Gasteiger partial charge in [0.25, 0.3) is 0 Å².